The first-order valence-corrected chi connectivity index (χ1v) is 6.77. The number of rotatable bonds is 2. The Morgan fingerprint density at radius 2 is 1.74 bits per heavy atom. The first kappa shape index (κ1) is 14.5. The summed E-state index contributed by atoms with van der Waals surface area (Å²) < 4.78 is 1.62. The number of amides is 2. The van der Waals surface area contributed by atoms with E-state index in [0.717, 1.165) is 0 Å². The summed E-state index contributed by atoms with van der Waals surface area (Å²) in [5, 5.41) is 6.78. The molecule has 3 aromatic rings. The van der Waals surface area contributed by atoms with Gasteiger partial charge in [-0.3, -0.25) is 25.2 Å². The Morgan fingerprint density at radius 1 is 1.04 bits per heavy atom. The molecular formula is C15H13N5O3. The van der Waals surface area contributed by atoms with Gasteiger partial charge in [-0.05, 0) is 18.2 Å². The maximum atomic E-state index is 12.2. The Kier molecular flexibility index (Phi) is 3.63. The summed E-state index contributed by atoms with van der Waals surface area (Å²) in [6, 6.07) is 9.93. The molecule has 2 amide bonds. The predicted molar refractivity (Wildman–Crippen MR) is 82.7 cm³/mol. The Labute approximate surface area is 130 Å². The van der Waals surface area contributed by atoms with Crippen LogP contribution in [-0.2, 0) is 7.05 Å². The number of benzene rings is 1. The number of aromatic nitrogens is 3. The van der Waals surface area contributed by atoms with Crippen LogP contribution in [0.2, 0.25) is 0 Å². The van der Waals surface area contributed by atoms with E-state index in [0.29, 0.717) is 16.5 Å². The van der Waals surface area contributed by atoms with Crippen LogP contribution >= 0.6 is 0 Å². The van der Waals surface area contributed by atoms with Crippen LogP contribution in [0.5, 0.6) is 0 Å². The van der Waals surface area contributed by atoms with E-state index in [1.165, 1.54) is 0 Å². The molecule has 2 aromatic heterocycles. The lowest BCUT2D eigenvalue weighted by Crippen LogP contribution is -2.42. The van der Waals surface area contributed by atoms with Crippen LogP contribution < -0.4 is 16.4 Å². The highest BCUT2D eigenvalue weighted by Gasteiger charge is 2.15. The third-order valence-corrected chi connectivity index (χ3v) is 3.38. The second-order valence-electron chi connectivity index (χ2n) is 4.86. The van der Waals surface area contributed by atoms with E-state index in [4.69, 9.17) is 0 Å². The molecule has 1 aromatic carbocycles. The van der Waals surface area contributed by atoms with Crippen molar-refractivity contribution in [1.82, 2.24) is 25.6 Å². The molecule has 2 heterocycles. The molecule has 23 heavy (non-hydrogen) atoms. The van der Waals surface area contributed by atoms with E-state index in [1.807, 2.05) is 0 Å². The van der Waals surface area contributed by atoms with Crippen molar-refractivity contribution in [2.45, 2.75) is 0 Å². The molecule has 0 saturated heterocycles. The zero-order valence-electron chi connectivity index (χ0n) is 12.2. The van der Waals surface area contributed by atoms with Crippen LogP contribution in [0, 0.1) is 0 Å². The monoisotopic (exact) mass is 311 g/mol. The Balaban J connectivity index is 1.82. The van der Waals surface area contributed by atoms with Crippen molar-refractivity contribution in [1.29, 1.82) is 0 Å². The van der Waals surface area contributed by atoms with Crippen molar-refractivity contribution in [2.24, 2.45) is 7.05 Å². The number of aromatic amines is 1. The van der Waals surface area contributed by atoms with Gasteiger partial charge in [0, 0.05) is 18.6 Å². The predicted octanol–water partition coefficient (Wildman–Crippen LogP) is 0.336. The number of H-pyrrole nitrogens is 1. The van der Waals surface area contributed by atoms with E-state index < -0.39 is 11.8 Å². The van der Waals surface area contributed by atoms with Crippen LogP contribution in [-0.4, -0.2) is 26.6 Å². The van der Waals surface area contributed by atoms with Gasteiger partial charge in [-0.15, -0.1) is 0 Å². The third kappa shape index (κ3) is 2.69. The second-order valence-corrected chi connectivity index (χ2v) is 4.86. The molecule has 0 aliphatic carbocycles. The van der Waals surface area contributed by atoms with Crippen molar-refractivity contribution in [3.8, 4) is 0 Å². The SMILES string of the molecule is Cn1cccc1C(=O)NNC(=O)c1n[nH]c(=O)c2ccccc12. The molecule has 0 fully saturated rings. The summed E-state index contributed by atoms with van der Waals surface area (Å²) >= 11 is 0. The van der Waals surface area contributed by atoms with Crippen molar-refractivity contribution in [2.75, 3.05) is 0 Å². The number of fused-ring (bicyclic) bond motifs is 1. The zero-order chi connectivity index (χ0) is 16.4. The van der Waals surface area contributed by atoms with Crippen molar-refractivity contribution < 1.29 is 9.59 Å². The fourth-order valence-corrected chi connectivity index (χ4v) is 2.22. The second kappa shape index (κ2) is 5.76. The lowest BCUT2D eigenvalue weighted by molar-refractivity contribution is 0.0840. The topological polar surface area (TPSA) is 109 Å². The van der Waals surface area contributed by atoms with E-state index >= 15 is 0 Å². The van der Waals surface area contributed by atoms with Gasteiger partial charge in [0.15, 0.2) is 5.69 Å². The summed E-state index contributed by atoms with van der Waals surface area (Å²) in [7, 11) is 1.72. The largest absolute Gasteiger partial charge is 0.347 e. The number of nitrogens with zero attached hydrogens (tertiary/aromatic N) is 2. The van der Waals surface area contributed by atoms with Gasteiger partial charge in [0.2, 0.25) is 0 Å². The highest BCUT2D eigenvalue weighted by Crippen LogP contribution is 2.11. The molecule has 0 spiro atoms. The Bertz CT molecular complexity index is 957. The highest BCUT2D eigenvalue weighted by atomic mass is 16.2. The zero-order valence-corrected chi connectivity index (χ0v) is 12.2. The third-order valence-electron chi connectivity index (χ3n) is 3.38. The van der Waals surface area contributed by atoms with E-state index in [-0.39, 0.29) is 11.3 Å². The molecule has 8 heteroatoms. The summed E-state index contributed by atoms with van der Waals surface area (Å²) in [5.41, 5.74) is 4.63. The fourth-order valence-electron chi connectivity index (χ4n) is 2.22. The summed E-state index contributed by atoms with van der Waals surface area (Å²) in [6.07, 6.45) is 1.72. The van der Waals surface area contributed by atoms with Gasteiger partial charge in [-0.25, -0.2) is 5.10 Å². The van der Waals surface area contributed by atoms with Gasteiger partial charge in [-0.2, -0.15) is 5.10 Å². The van der Waals surface area contributed by atoms with Gasteiger partial charge < -0.3 is 4.57 Å². The summed E-state index contributed by atoms with van der Waals surface area (Å²) in [5.74, 6) is -1.08. The molecule has 0 bridgehead atoms. The molecule has 3 rings (SSSR count). The Morgan fingerprint density at radius 3 is 2.43 bits per heavy atom. The van der Waals surface area contributed by atoms with Crippen LogP contribution in [0.3, 0.4) is 0 Å². The van der Waals surface area contributed by atoms with Crippen LogP contribution in [0.4, 0.5) is 0 Å². The highest BCUT2D eigenvalue weighted by molar-refractivity contribution is 6.05. The van der Waals surface area contributed by atoms with E-state index in [2.05, 4.69) is 21.0 Å². The fraction of sp³-hybridized carbons (Fsp3) is 0.0667. The lowest BCUT2D eigenvalue weighted by atomic mass is 10.1. The number of hydrazine groups is 1. The molecule has 0 radical (unpaired) electrons. The lowest BCUT2D eigenvalue weighted by Gasteiger charge is -2.08. The number of carbonyl (C=O) groups excluding carboxylic acids is 2. The normalized spacial score (nSPS) is 10.5. The summed E-state index contributed by atoms with van der Waals surface area (Å²) in [4.78, 5) is 35.9. The maximum absolute atomic E-state index is 12.2. The number of carbonyl (C=O) groups is 2. The molecule has 0 aliphatic heterocycles. The smallest absolute Gasteiger partial charge is 0.290 e. The van der Waals surface area contributed by atoms with E-state index in [9.17, 15) is 14.4 Å². The standard InChI is InChI=1S/C15H13N5O3/c1-20-8-4-7-11(20)14(22)18-19-15(23)12-9-5-2-3-6-10(9)13(21)17-16-12/h2-8H,1H3,(H,17,21)(H,18,22)(H,19,23). The first-order chi connectivity index (χ1) is 11.1. The maximum Gasteiger partial charge on any atom is 0.290 e. The molecule has 0 aliphatic rings. The number of hydrogen-bond donors (Lipinski definition) is 3. The van der Waals surface area contributed by atoms with Gasteiger partial charge in [0.25, 0.3) is 17.4 Å². The van der Waals surface area contributed by atoms with Gasteiger partial charge >= 0.3 is 0 Å². The van der Waals surface area contributed by atoms with Crippen LogP contribution in [0.25, 0.3) is 10.8 Å². The molecule has 0 atom stereocenters. The van der Waals surface area contributed by atoms with Crippen molar-refractivity contribution in [3.05, 3.63) is 64.3 Å². The number of aryl methyl sites for hydroxylation is 1. The van der Waals surface area contributed by atoms with Gasteiger partial charge in [0.05, 0.1) is 5.39 Å². The van der Waals surface area contributed by atoms with Crippen molar-refractivity contribution >= 4 is 22.6 Å². The molecule has 0 unspecified atom stereocenters. The van der Waals surface area contributed by atoms with Gasteiger partial charge in [0.1, 0.15) is 5.69 Å². The van der Waals surface area contributed by atoms with Crippen LogP contribution in [0.1, 0.15) is 21.0 Å². The quantitative estimate of drug-likeness (QED) is 0.593. The minimum atomic E-state index is -0.625. The average molecular weight is 311 g/mol. The average Bonchev–Trinajstić information content (AvgIpc) is 2.99. The number of hydrogen-bond acceptors (Lipinski definition) is 4. The molecule has 116 valence electrons. The van der Waals surface area contributed by atoms with Gasteiger partial charge in [-0.1, -0.05) is 18.2 Å². The molecular weight excluding hydrogens is 298 g/mol. The minimum Gasteiger partial charge on any atom is -0.347 e. The minimum absolute atomic E-state index is 0.0207. The molecule has 8 nitrogen and oxygen atoms in total. The van der Waals surface area contributed by atoms with Crippen molar-refractivity contribution in [3.63, 3.8) is 0 Å². The van der Waals surface area contributed by atoms with E-state index in [1.54, 1.807) is 54.2 Å². The first-order valence-electron chi connectivity index (χ1n) is 6.77. The molecule has 3 N–H and O–H groups in total. The number of nitrogens with one attached hydrogen (secondary N) is 3. The van der Waals surface area contributed by atoms with Crippen LogP contribution in [0.15, 0.2) is 47.4 Å². The Hall–Kier alpha value is -3.42. The summed E-state index contributed by atoms with van der Waals surface area (Å²) in [6.45, 7) is 0. The molecule has 0 saturated carbocycles.